The lowest BCUT2D eigenvalue weighted by atomic mass is 9.59. The average molecular weight is 1540 g/mol. The second-order valence-corrected chi connectivity index (χ2v) is 38.9. The Morgan fingerprint density at radius 1 is 0.357 bits per heavy atom. The highest BCUT2D eigenvalue weighted by Gasteiger charge is 2.57. The van der Waals surface area contributed by atoms with Gasteiger partial charge in [0.2, 0.25) is 30.0 Å². The third kappa shape index (κ3) is 13.0. The van der Waals surface area contributed by atoms with E-state index in [-0.39, 0.29) is 43.3 Å². The summed E-state index contributed by atoms with van der Waals surface area (Å²) in [5.74, 6) is 0.554. The monoisotopic (exact) mass is 1540 g/mol. The molecular weight excluding hydrogens is 1400 g/mol. The third-order valence-electron chi connectivity index (χ3n) is 29.7. The predicted octanol–water partition coefficient (Wildman–Crippen LogP) is 22.6. The summed E-state index contributed by atoms with van der Waals surface area (Å²) in [5, 5.41) is 0. The molecule has 600 valence electrons. The molecule has 0 saturated heterocycles. The van der Waals surface area contributed by atoms with Gasteiger partial charge in [0, 0.05) is 79.7 Å². The maximum atomic E-state index is 2.45. The zero-order valence-electron chi connectivity index (χ0n) is 76.2. The van der Waals surface area contributed by atoms with Crippen molar-refractivity contribution in [3.63, 3.8) is 0 Å². The number of anilines is 1. The highest BCUT2D eigenvalue weighted by molar-refractivity contribution is 5.74. The molecule has 4 aromatic heterocycles. The molecule has 115 heavy (non-hydrogen) atoms. The van der Waals surface area contributed by atoms with E-state index in [0.29, 0.717) is 12.1 Å². The standard InChI is InChI=1S/C26H33N2.C25H31N2.C23H27N2.C19H27N2.C12H16N2/c1-17(2)19-12-14-20(15-13-19)21-16-27(8)28-23-18(3)10-9-11-22(23)25(4,5)26(6,7)24(21)28;1-16-12-17(2)14-19(13-16)20-15-26(8)27-22-18(3)10-9-11-21(22)24(4,5)25(6,7)23(20)27;1-16-11-10-14-19-20(16)25-21(23(4,5)22(19,2)3)18(15-24(25)6)17-12-8-7-9-13-17;1-12-10-9-11-15-16(12)21-17(13(2)14(3)20(21)8)19(6,7)18(15,4)5;1-10-6-4-5-7-12(10)14-9-8-13(3)11(14)2/h9-17H,1-8H3;9-15H,1-8H3;7-15H,1-6H3;9-11H,1-8H3;4-9,11H,1-3H3/q4*+1;/t;;;;11-/m....1/s1. The van der Waals surface area contributed by atoms with Gasteiger partial charge in [-0.05, 0) is 156 Å². The fourth-order valence-electron chi connectivity index (χ4n) is 19.7. The molecule has 5 aliphatic rings. The Kier molecular flexibility index (Phi) is 21.1. The van der Waals surface area contributed by atoms with Gasteiger partial charge in [0.15, 0.2) is 21.1 Å². The summed E-state index contributed by atoms with van der Waals surface area (Å²) in [6.45, 7) is 64.9. The fraction of sp³-hybridized carbons (Fsp3) is 0.410. The van der Waals surface area contributed by atoms with Gasteiger partial charge in [0.25, 0.3) is 0 Å². The van der Waals surface area contributed by atoms with Crippen molar-refractivity contribution in [1.29, 1.82) is 0 Å². The van der Waals surface area contributed by atoms with Crippen LogP contribution in [-0.4, -0.2) is 36.8 Å². The van der Waals surface area contributed by atoms with Gasteiger partial charge in [-0.1, -0.05) is 290 Å². The first kappa shape index (κ1) is 82.9. The number of para-hydroxylation sites is 5. The van der Waals surface area contributed by atoms with Gasteiger partial charge in [0.1, 0.15) is 40.3 Å². The number of aromatic nitrogens is 8. The molecule has 0 unspecified atom stereocenters. The average Bonchev–Trinajstić information content (AvgIpc) is 1.62. The Morgan fingerprint density at radius 2 is 0.722 bits per heavy atom. The molecule has 0 aliphatic carbocycles. The number of hydrogen-bond acceptors (Lipinski definition) is 2. The van der Waals surface area contributed by atoms with Crippen LogP contribution >= 0.6 is 0 Å². The molecule has 8 aromatic carbocycles. The Morgan fingerprint density at radius 3 is 1.12 bits per heavy atom. The van der Waals surface area contributed by atoms with Gasteiger partial charge >= 0.3 is 0 Å². The molecule has 0 amide bonds. The van der Waals surface area contributed by atoms with E-state index in [1.807, 2.05) is 0 Å². The van der Waals surface area contributed by atoms with E-state index < -0.39 is 0 Å². The Bertz CT molecular complexity index is 5760. The van der Waals surface area contributed by atoms with Crippen LogP contribution in [0.5, 0.6) is 0 Å². The number of fused-ring (bicyclic) bond motifs is 12. The molecule has 0 N–H and O–H groups in total. The number of benzene rings is 8. The predicted molar refractivity (Wildman–Crippen MR) is 480 cm³/mol. The van der Waals surface area contributed by atoms with E-state index >= 15 is 0 Å². The minimum Gasteiger partial charge on any atom is -0.359 e. The van der Waals surface area contributed by atoms with Crippen LogP contribution in [0.25, 0.3) is 56.1 Å². The van der Waals surface area contributed by atoms with Crippen molar-refractivity contribution in [3.8, 4) is 56.1 Å². The molecule has 0 fully saturated rings. The smallest absolute Gasteiger partial charge is 0.242 e. The molecule has 0 saturated carbocycles. The first-order valence-electron chi connectivity index (χ1n) is 42.1. The van der Waals surface area contributed by atoms with Crippen molar-refractivity contribution in [2.45, 2.75) is 249 Å². The highest BCUT2D eigenvalue weighted by Crippen LogP contribution is 2.57. The zero-order chi connectivity index (χ0) is 84.0. The Hall–Kier alpha value is -10.1. The van der Waals surface area contributed by atoms with Gasteiger partial charge in [-0.2, -0.15) is 4.68 Å². The molecule has 12 aromatic rings. The van der Waals surface area contributed by atoms with Crippen LogP contribution in [0.15, 0.2) is 201 Å². The van der Waals surface area contributed by atoms with Gasteiger partial charge in [0.05, 0.1) is 34.8 Å². The van der Waals surface area contributed by atoms with E-state index in [9.17, 15) is 0 Å². The molecule has 9 heterocycles. The lowest BCUT2D eigenvalue weighted by Gasteiger charge is -2.46. The summed E-state index contributed by atoms with van der Waals surface area (Å²) >= 11 is 0. The lowest BCUT2D eigenvalue weighted by molar-refractivity contribution is -0.745. The molecule has 10 heteroatoms. The third-order valence-corrected chi connectivity index (χ3v) is 29.7. The van der Waals surface area contributed by atoms with Crippen LogP contribution in [0.1, 0.15) is 238 Å². The van der Waals surface area contributed by atoms with Crippen molar-refractivity contribution in [3.05, 3.63) is 302 Å². The van der Waals surface area contributed by atoms with E-state index in [1.165, 1.54) is 163 Å². The summed E-state index contributed by atoms with van der Waals surface area (Å²) in [5.41, 5.74) is 39.7. The molecule has 5 aliphatic heterocycles. The Balaban J connectivity index is 0.000000127. The van der Waals surface area contributed by atoms with Crippen LogP contribution in [0.3, 0.4) is 0 Å². The maximum Gasteiger partial charge on any atom is 0.242 e. The molecule has 1 atom stereocenters. The normalized spacial score (nSPS) is 17.6. The minimum absolute atomic E-state index is 0.000226. The van der Waals surface area contributed by atoms with Crippen LogP contribution < -0.4 is 23.6 Å². The molecule has 0 spiro atoms. The van der Waals surface area contributed by atoms with E-state index in [2.05, 4.69) is 477 Å². The highest BCUT2D eigenvalue weighted by atomic mass is 15.4. The van der Waals surface area contributed by atoms with Gasteiger partial charge in [-0.25, -0.2) is 0 Å². The summed E-state index contributed by atoms with van der Waals surface area (Å²) < 4.78 is 18.9. The van der Waals surface area contributed by atoms with Crippen molar-refractivity contribution >= 4 is 5.69 Å². The van der Waals surface area contributed by atoms with Crippen molar-refractivity contribution in [2.75, 3.05) is 11.9 Å². The van der Waals surface area contributed by atoms with Gasteiger partial charge in [-0.3, -0.25) is 0 Å². The lowest BCUT2D eigenvalue weighted by Crippen LogP contribution is -2.58. The molecule has 10 nitrogen and oxygen atoms in total. The van der Waals surface area contributed by atoms with E-state index in [1.54, 1.807) is 0 Å². The molecule has 17 rings (SSSR count). The summed E-state index contributed by atoms with van der Waals surface area (Å²) in [4.78, 5) is 4.49. The van der Waals surface area contributed by atoms with Crippen molar-refractivity contribution in [2.24, 2.45) is 28.2 Å². The maximum absolute atomic E-state index is 2.45. The van der Waals surface area contributed by atoms with Gasteiger partial charge < -0.3 is 9.80 Å². The van der Waals surface area contributed by atoms with E-state index in [0.717, 1.165) is 0 Å². The zero-order valence-corrected chi connectivity index (χ0v) is 76.2. The van der Waals surface area contributed by atoms with Crippen LogP contribution in [0, 0.1) is 62.3 Å². The Labute approximate surface area is 691 Å². The molecule has 0 bridgehead atoms. The SMILES string of the molecule is Cc1cc(C)cc(-c2c[n+](C)n3c2C(C)(C)C(C)(C)c2cccc(C)c2-3)c1.Cc1cccc2c1-[n+]1c(c(C)c(C)n1C)C(C)(C)C2(C)C.Cc1cccc2c1-n1c(c(-c3ccc(C(C)C)cc3)c[n+]1C)C(C)(C)C2(C)C.Cc1cccc2c1-n1c(c(-c3ccccc3)c[n+]1C)C(C)(C)C2(C)C.Cc1ccccc1N1C=CN(C)[C@H]1C. The second-order valence-electron chi connectivity index (χ2n) is 38.9. The molecule has 0 radical (unpaired) electrons. The summed E-state index contributed by atoms with van der Waals surface area (Å²) in [6.07, 6.45) is 11.5. The van der Waals surface area contributed by atoms with Crippen LogP contribution in [-0.2, 0) is 71.5 Å². The number of nitrogens with zero attached hydrogens (tertiary/aromatic N) is 10. The van der Waals surface area contributed by atoms with Crippen LogP contribution in [0.4, 0.5) is 5.69 Å². The first-order valence-corrected chi connectivity index (χ1v) is 42.1. The van der Waals surface area contributed by atoms with Crippen molar-refractivity contribution < 1.29 is 18.7 Å². The summed E-state index contributed by atoms with van der Waals surface area (Å²) in [7, 11) is 10.8. The van der Waals surface area contributed by atoms with Gasteiger partial charge in [-0.15, -0.1) is 28.1 Å². The van der Waals surface area contributed by atoms with Crippen molar-refractivity contribution in [1.82, 2.24) is 23.6 Å². The summed E-state index contributed by atoms with van der Waals surface area (Å²) in [6, 6.07) is 62.2. The largest absolute Gasteiger partial charge is 0.359 e. The number of hydrogen-bond donors (Lipinski definition) is 0. The first-order chi connectivity index (χ1) is 53.7. The topological polar surface area (TPSA) is 41.7 Å². The second kappa shape index (κ2) is 29.3. The van der Waals surface area contributed by atoms with Crippen LogP contribution in [0.2, 0.25) is 0 Å². The van der Waals surface area contributed by atoms with E-state index in [4.69, 9.17) is 0 Å². The quantitative estimate of drug-likeness (QED) is 0.161. The minimum atomic E-state index is -0.0128. The fourth-order valence-corrected chi connectivity index (χ4v) is 19.7. The number of aryl methyl sites for hydroxylation is 10. The molecular formula is C105H134N10+4. The number of rotatable bonds is 5.